The molecule has 1 aliphatic rings. The molecule has 0 atom stereocenters. The highest BCUT2D eigenvalue weighted by molar-refractivity contribution is 5.79. The van der Waals surface area contributed by atoms with Crippen molar-refractivity contribution in [2.45, 2.75) is 25.3 Å². The van der Waals surface area contributed by atoms with Crippen molar-refractivity contribution >= 4 is 11.9 Å². The number of hydrogen-bond donors (Lipinski definition) is 0. The van der Waals surface area contributed by atoms with E-state index in [1.54, 1.807) is 4.90 Å². The van der Waals surface area contributed by atoms with Gasteiger partial charge in [0.25, 0.3) is 0 Å². The van der Waals surface area contributed by atoms with E-state index in [0.29, 0.717) is 12.6 Å². The fraction of sp³-hybridized carbons (Fsp3) is 0.800. The Balaban J connectivity index is 2.36. The predicted octanol–water partition coefficient (Wildman–Crippen LogP) is 0.187. The van der Waals surface area contributed by atoms with Crippen molar-refractivity contribution in [1.82, 2.24) is 4.90 Å². The topological polar surface area (TPSA) is 55.8 Å². The van der Waals surface area contributed by atoms with Crippen LogP contribution in [0.1, 0.15) is 19.3 Å². The van der Waals surface area contributed by atoms with Gasteiger partial charge in [-0.3, -0.25) is 9.59 Å². The normalized spacial score (nSPS) is 14.8. The van der Waals surface area contributed by atoms with Crippen LogP contribution >= 0.6 is 0 Å². The van der Waals surface area contributed by atoms with E-state index in [1.165, 1.54) is 14.2 Å². The van der Waals surface area contributed by atoms with Gasteiger partial charge in [-0.25, -0.2) is 0 Å². The van der Waals surface area contributed by atoms with E-state index in [1.807, 2.05) is 0 Å². The summed E-state index contributed by atoms with van der Waals surface area (Å²) in [6.07, 6.45) is 2.30. The second kappa shape index (κ2) is 5.70. The Morgan fingerprint density at radius 1 is 1.33 bits per heavy atom. The molecule has 0 aromatic rings. The Kier molecular flexibility index (Phi) is 4.55. The van der Waals surface area contributed by atoms with Crippen molar-refractivity contribution in [2.24, 2.45) is 0 Å². The molecule has 1 saturated carbocycles. The lowest BCUT2D eigenvalue weighted by molar-refractivity contribution is -0.142. The minimum absolute atomic E-state index is 0.0519. The summed E-state index contributed by atoms with van der Waals surface area (Å²) in [5, 5.41) is 0. The highest BCUT2D eigenvalue weighted by atomic mass is 16.5. The molecule has 5 heteroatoms. The van der Waals surface area contributed by atoms with Crippen molar-refractivity contribution in [3.8, 4) is 0 Å². The summed E-state index contributed by atoms with van der Waals surface area (Å²) in [4.78, 5) is 24.2. The van der Waals surface area contributed by atoms with Gasteiger partial charge in [0.1, 0.15) is 6.61 Å². The molecule has 0 radical (unpaired) electrons. The maximum atomic E-state index is 11.6. The van der Waals surface area contributed by atoms with Gasteiger partial charge in [-0.05, 0) is 12.8 Å². The van der Waals surface area contributed by atoms with Gasteiger partial charge in [-0.15, -0.1) is 0 Å². The van der Waals surface area contributed by atoms with Gasteiger partial charge >= 0.3 is 5.97 Å². The first kappa shape index (κ1) is 12.0. The first-order chi connectivity index (χ1) is 7.19. The first-order valence-electron chi connectivity index (χ1n) is 5.04. The summed E-state index contributed by atoms with van der Waals surface area (Å²) in [5.74, 6) is -0.338. The molecule has 5 nitrogen and oxygen atoms in total. The third-order valence-electron chi connectivity index (χ3n) is 2.36. The molecule has 15 heavy (non-hydrogen) atoms. The van der Waals surface area contributed by atoms with Gasteiger partial charge in [0, 0.05) is 19.7 Å². The Labute approximate surface area is 89.3 Å². The molecule has 0 heterocycles. The zero-order chi connectivity index (χ0) is 11.3. The third-order valence-corrected chi connectivity index (χ3v) is 2.36. The molecule has 0 unspecified atom stereocenters. The fourth-order valence-corrected chi connectivity index (χ4v) is 1.42. The number of esters is 1. The number of hydrogen-bond acceptors (Lipinski definition) is 4. The van der Waals surface area contributed by atoms with Crippen molar-refractivity contribution in [1.29, 1.82) is 0 Å². The van der Waals surface area contributed by atoms with Crippen LogP contribution in [-0.4, -0.2) is 50.2 Å². The van der Waals surface area contributed by atoms with Crippen LogP contribution in [0.2, 0.25) is 0 Å². The molecule has 0 saturated heterocycles. The third kappa shape index (κ3) is 3.87. The Morgan fingerprint density at radius 3 is 2.47 bits per heavy atom. The number of nitrogens with zero attached hydrogens (tertiary/aromatic N) is 1. The van der Waals surface area contributed by atoms with Crippen molar-refractivity contribution in [3.63, 3.8) is 0 Å². The lowest BCUT2D eigenvalue weighted by atomic mass is 10.3. The predicted molar refractivity (Wildman–Crippen MR) is 53.2 cm³/mol. The average molecular weight is 215 g/mol. The van der Waals surface area contributed by atoms with Crippen LogP contribution in [-0.2, 0) is 19.1 Å². The molecule has 1 fully saturated rings. The largest absolute Gasteiger partial charge is 0.469 e. The minimum Gasteiger partial charge on any atom is -0.469 e. The van der Waals surface area contributed by atoms with E-state index >= 15 is 0 Å². The smallest absolute Gasteiger partial charge is 0.307 e. The number of ether oxygens (including phenoxy) is 2. The van der Waals surface area contributed by atoms with Gasteiger partial charge < -0.3 is 14.4 Å². The molecule has 0 spiro atoms. The van der Waals surface area contributed by atoms with Crippen LogP contribution in [0.15, 0.2) is 0 Å². The molecule has 0 aromatic heterocycles. The summed E-state index contributed by atoms with van der Waals surface area (Å²) in [5.41, 5.74) is 0. The zero-order valence-electron chi connectivity index (χ0n) is 9.19. The van der Waals surface area contributed by atoms with Crippen LogP contribution in [0, 0.1) is 0 Å². The van der Waals surface area contributed by atoms with Gasteiger partial charge in [-0.2, -0.15) is 0 Å². The van der Waals surface area contributed by atoms with Gasteiger partial charge in [-0.1, -0.05) is 0 Å². The van der Waals surface area contributed by atoms with Crippen molar-refractivity contribution in [2.75, 3.05) is 27.4 Å². The maximum absolute atomic E-state index is 11.6. The van der Waals surface area contributed by atoms with Crippen molar-refractivity contribution < 1.29 is 19.1 Å². The fourth-order valence-electron chi connectivity index (χ4n) is 1.42. The van der Waals surface area contributed by atoms with E-state index in [2.05, 4.69) is 4.74 Å². The number of carbonyl (C=O) groups excluding carboxylic acids is 2. The Morgan fingerprint density at radius 2 is 2.00 bits per heavy atom. The number of amides is 1. The molecule has 86 valence electrons. The number of methoxy groups -OCH3 is 2. The maximum Gasteiger partial charge on any atom is 0.307 e. The highest BCUT2D eigenvalue weighted by Crippen LogP contribution is 2.27. The van der Waals surface area contributed by atoms with Crippen LogP contribution < -0.4 is 0 Å². The lowest BCUT2D eigenvalue weighted by Gasteiger charge is -2.21. The molecule has 0 aromatic carbocycles. The summed E-state index contributed by atoms with van der Waals surface area (Å²) < 4.78 is 9.32. The molecule has 1 aliphatic carbocycles. The van der Waals surface area contributed by atoms with E-state index in [0.717, 1.165) is 12.8 Å². The van der Waals surface area contributed by atoms with Gasteiger partial charge in [0.15, 0.2) is 0 Å². The van der Waals surface area contributed by atoms with Crippen LogP contribution in [0.25, 0.3) is 0 Å². The van der Waals surface area contributed by atoms with Gasteiger partial charge in [0.2, 0.25) is 5.91 Å². The zero-order valence-corrected chi connectivity index (χ0v) is 9.19. The van der Waals surface area contributed by atoms with Crippen molar-refractivity contribution in [3.05, 3.63) is 0 Å². The van der Waals surface area contributed by atoms with E-state index < -0.39 is 0 Å². The summed E-state index contributed by atoms with van der Waals surface area (Å²) in [6.45, 7) is 0.511. The number of rotatable bonds is 6. The molecule has 0 bridgehead atoms. The minimum atomic E-state index is -0.286. The molecule has 0 N–H and O–H groups in total. The monoisotopic (exact) mass is 215 g/mol. The second-order valence-electron chi connectivity index (χ2n) is 3.58. The van der Waals surface area contributed by atoms with E-state index in [4.69, 9.17) is 4.74 Å². The standard InChI is InChI=1S/C10H17NO4/c1-14-7-9(12)11(8-3-4-8)6-5-10(13)15-2/h8H,3-7H2,1-2H3. The SMILES string of the molecule is COCC(=O)N(CCC(=O)OC)C1CC1. The highest BCUT2D eigenvalue weighted by Gasteiger charge is 2.32. The van der Waals surface area contributed by atoms with Gasteiger partial charge in [0.05, 0.1) is 13.5 Å². The molecular formula is C10H17NO4. The lowest BCUT2D eigenvalue weighted by Crippen LogP contribution is -2.37. The second-order valence-corrected chi connectivity index (χ2v) is 3.58. The summed E-state index contributed by atoms with van der Waals surface area (Å²) in [6, 6.07) is 0.303. The van der Waals surface area contributed by atoms with Crippen LogP contribution in [0.5, 0.6) is 0 Å². The Hall–Kier alpha value is -1.10. The van der Waals surface area contributed by atoms with E-state index in [-0.39, 0.29) is 24.9 Å². The molecular weight excluding hydrogens is 198 g/mol. The molecule has 0 aliphatic heterocycles. The Bertz CT molecular complexity index is 238. The van der Waals surface area contributed by atoms with Crippen LogP contribution in [0.3, 0.4) is 0 Å². The first-order valence-corrected chi connectivity index (χ1v) is 5.04. The van der Waals surface area contributed by atoms with Crippen LogP contribution in [0.4, 0.5) is 0 Å². The summed E-state index contributed by atoms with van der Waals surface area (Å²) >= 11 is 0. The van der Waals surface area contributed by atoms with E-state index in [9.17, 15) is 9.59 Å². The molecule has 1 rings (SSSR count). The molecule has 1 amide bonds. The summed E-state index contributed by atoms with van der Waals surface area (Å²) in [7, 11) is 2.84. The quantitative estimate of drug-likeness (QED) is 0.593. The average Bonchev–Trinajstić information content (AvgIpc) is 3.02. The number of carbonyl (C=O) groups is 2.